The Morgan fingerprint density at radius 1 is 1.35 bits per heavy atom. The third kappa shape index (κ3) is 5.30. The molecule has 4 nitrogen and oxygen atoms in total. The van der Waals surface area contributed by atoms with Crippen LogP contribution in [0.5, 0.6) is 0 Å². The van der Waals surface area contributed by atoms with Gasteiger partial charge in [0.25, 0.3) is 0 Å². The van der Waals surface area contributed by atoms with Crippen molar-refractivity contribution < 1.29 is 9.13 Å². The van der Waals surface area contributed by atoms with Crippen LogP contribution in [0.1, 0.15) is 5.56 Å². The molecule has 122 valence electrons. The van der Waals surface area contributed by atoms with Crippen LogP contribution in [0.2, 0.25) is 25.7 Å². The SMILES string of the molecule is C[Si](C)(C)CCOCn1cc(-c2ccc(CC#N)cc2F)cn1. The summed E-state index contributed by atoms with van der Waals surface area (Å²) in [5.74, 6) is -0.336. The number of ether oxygens (including phenoxy) is 1. The molecule has 1 aromatic carbocycles. The molecule has 2 rings (SSSR count). The monoisotopic (exact) mass is 331 g/mol. The van der Waals surface area contributed by atoms with Gasteiger partial charge in [-0.2, -0.15) is 10.4 Å². The third-order valence-corrected chi connectivity index (χ3v) is 5.19. The van der Waals surface area contributed by atoms with Crippen LogP contribution < -0.4 is 0 Å². The molecule has 0 aliphatic heterocycles. The zero-order valence-electron chi connectivity index (χ0n) is 13.8. The molecule has 0 saturated carbocycles. The fraction of sp³-hybridized carbons (Fsp3) is 0.412. The van der Waals surface area contributed by atoms with E-state index in [0.717, 1.165) is 12.7 Å². The van der Waals surface area contributed by atoms with Crippen molar-refractivity contribution in [2.24, 2.45) is 0 Å². The molecule has 0 fully saturated rings. The van der Waals surface area contributed by atoms with E-state index >= 15 is 0 Å². The first-order valence-electron chi connectivity index (χ1n) is 7.65. The smallest absolute Gasteiger partial charge is 0.139 e. The summed E-state index contributed by atoms with van der Waals surface area (Å²) in [7, 11) is -1.09. The fourth-order valence-corrected chi connectivity index (χ4v) is 2.86. The standard InChI is InChI=1S/C17H22FN3OSi/c1-23(2,3)9-8-22-13-21-12-15(11-20-21)16-5-4-14(6-7-19)10-17(16)18/h4-5,10-12H,6,8-9,13H2,1-3H3. The number of benzene rings is 1. The summed E-state index contributed by atoms with van der Waals surface area (Å²) in [5, 5.41) is 12.9. The van der Waals surface area contributed by atoms with Crippen LogP contribution in [0.4, 0.5) is 4.39 Å². The summed E-state index contributed by atoms with van der Waals surface area (Å²) < 4.78 is 21.4. The number of nitrogens with zero attached hydrogens (tertiary/aromatic N) is 3. The molecular weight excluding hydrogens is 309 g/mol. The summed E-state index contributed by atoms with van der Waals surface area (Å²) in [6, 6.07) is 7.98. The molecule has 0 N–H and O–H groups in total. The lowest BCUT2D eigenvalue weighted by Gasteiger charge is -2.15. The van der Waals surface area contributed by atoms with Crippen LogP contribution >= 0.6 is 0 Å². The minimum absolute atomic E-state index is 0.210. The summed E-state index contributed by atoms with van der Waals surface area (Å²) in [5.41, 5.74) is 1.87. The average Bonchev–Trinajstić information content (AvgIpc) is 2.92. The van der Waals surface area contributed by atoms with Crippen molar-refractivity contribution in [3.63, 3.8) is 0 Å². The van der Waals surface area contributed by atoms with Gasteiger partial charge in [-0.05, 0) is 17.7 Å². The molecule has 0 aliphatic carbocycles. The van der Waals surface area contributed by atoms with Gasteiger partial charge in [-0.15, -0.1) is 0 Å². The highest BCUT2D eigenvalue weighted by molar-refractivity contribution is 6.76. The van der Waals surface area contributed by atoms with Gasteiger partial charge in [-0.25, -0.2) is 9.07 Å². The first-order valence-corrected chi connectivity index (χ1v) is 11.4. The van der Waals surface area contributed by atoms with E-state index in [-0.39, 0.29) is 12.2 Å². The van der Waals surface area contributed by atoms with E-state index in [1.165, 1.54) is 6.07 Å². The van der Waals surface area contributed by atoms with Crippen LogP contribution in [-0.2, 0) is 17.9 Å². The lowest BCUT2D eigenvalue weighted by Crippen LogP contribution is -2.22. The largest absolute Gasteiger partial charge is 0.360 e. The first-order chi connectivity index (χ1) is 10.9. The van der Waals surface area contributed by atoms with Gasteiger partial charge in [0, 0.05) is 32.0 Å². The average molecular weight is 331 g/mol. The van der Waals surface area contributed by atoms with Gasteiger partial charge in [-0.1, -0.05) is 31.8 Å². The zero-order valence-corrected chi connectivity index (χ0v) is 14.8. The highest BCUT2D eigenvalue weighted by Gasteiger charge is 2.12. The van der Waals surface area contributed by atoms with Crippen molar-refractivity contribution >= 4 is 8.07 Å². The van der Waals surface area contributed by atoms with Crippen LogP contribution in [0.25, 0.3) is 11.1 Å². The van der Waals surface area contributed by atoms with Gasteiger partial charge >= 0.3 is 0 Å². The van der Waals surface area contributed by atoms with E-state index in [0.29, 0.717) is 23.4 Å². The number of nitriles is 1. The molecule has 0 amide bonds. The molecule has 0 bridgehead atoms. The Hall–Kier alpha value is -1.97. The van der Waals surface area contributed by atoms with Crippen molar-refractivity contribution in [3.8, 4) is 17.2 Å². The van der Waals surface area contributed by atoms with Gasteiger partial charge in [-0.3, -0.25) is 0 Å². The van der Waals surface area contributed by atoms with Crippen molar-refractivity contribution in [2.75, 3.05) is 6.61 Å². The summed E-state index contributed by atoms with van der Waals surface area (Å²) >= 11 is 0. The number of hydrogen-bond acceptors (Lipinski definition) is 3. The van der Waals surface area contributed by atoms with E-state index < -0.39 is 8.07 Å². The Labute approximate surface area is 137 Å². The Kier molecular flexibility index (Phi) is 5.69. The van der Waals surface area contributed by atoms with Crippen molar-refractivity contribution in [3.05, 3.63) is 42.0 Å². The summed E-state index contributed by atoms with van der Waals surface area (Å²) in [4.78, 5) is 0. The molecule has 1 aromatic heterocycles. The van der Waals surface area contributed by atoms with Gasteiger partial charge in [0.05, 0.1) is 18.7 Å². The van der Waals surface area contributed by atoms with E-state index in [9.17, 15) is 4.39 Å². The maximum absolute atomic E-state index is 14.1. The first kappa shape index (κ1) is 17.4. The maximum Gasteiger partial charge on any atom is 0.139 e. The Morgan fingerprint density at radius 3 is 2.78 bits per heavy atom. The van der Waals surface area contributed by atoms with E-state index in [1.54, 1.807) is 29.2 Å². The number of halogens is 1. The maximum atomic E-state index is 14.1. The van der Waals surface area contributed by atoms with Crippen molar-refractivity contribution in [1.29, 1.82) is 5.26 Å². The molecule has 23 heavy (non-hydrogen) atoms. The quantitative estimate of drug-likeness (QED) is 0.568. The fourth-order valence-electron chi connectivity index (χ4n) is 2.10. The molecule has 0 radical (unpaired) electrons. The van der Waals surface area contributed by atoms with E-state index in [4.69, 9.17) is 10.00 Å². The molecule has 2 aromatic rings. The van der Waals surface area contributed by atoms with Crippen LogP contribution in [0, 0.1) is 17.1 Å². The lowest BCUT2D eigenvalue weighted by atomic mass is 10.1. The predicted octanol–water partition coefficient (Wildman–Crippen LogP) is 4.07. The van der Waals surface area contributed by atoms with Crippen LogP contribution in [0.3, 0.4) is 0 Å². The topological polar surface area (TPSA) is 50.8 Å². The van der Waals surface area contributed by atoms with Crippen molar-refractivity contribution in [1.82, 2.24) is 9.78 Å². The van der Waals surface area contributed by atoms with Gasteiger partial charge < -0.3 is 4.74 Å². The highest BCUT2D eigenvalue weighted by Crippen LogP contribution is 2.23. The third-order valence-electron chi connectivity index (χ3n) is 3.48. The normalized spacial score (nSPS) is 11.4. The molecule has 0 aliphatic rings. The molecule has 0 saturated heterocycles. The minimum atomic E-state index is -1.09. The van der Waals surface area contributed by atoms with E-state index in [2.05, 4.69) is 24.7 Å². The Bertz CT molecular complexity index is 701. The summed E-state index contributed by atoms with van der Waals surface area (Å²) in [6.45, 7) is 8.02. The number of rotatable bonds is 7. The van der Waals surface area contributed by atoms with Gasteiger partial charge in [0.1, 0.15) is 12.5 Å². The van der Waals surface area contributed by atoms with Crippen LogP contribution in [0.15, 0.2) is 30.6 Å². The number of hydrogen-bond donors (Lipinski definition) is 0. The van der Waals surface area contributed by atoms with Crippen LogP contribution in [-0.4, -0.2) is 24.5 Å². The molecule has 6 heteroatoms. The second kappa shape index (κ2) is 7.53. The van der Waals surface area contributed by atoms with Gasteiger partial charge in [0.15, 0.2) is 0 Å². The second-order valence-corrected chi connectivity index (χ2v) is 12.4. The highest BCUT2D eigenvalue weighted by atomic mass is 28.3. The molecule has 1 heterocycles. The molecule has 0 spiro atoms. The predicted molar refractivity (Wildman–Crippen MR) is 91.0 cm³/mol. The summed E-state index contributed by atoms with van der Waals surface area (Å²) in [6.07, 6.45) is 3.61. The van der Waals surface area contributed by atoms with E-state index in [1.807, 2.05) is 6.07 Å². The Morgan fingerprint density at radius 2 is 2.13 bits per heavy atom. The second-order valence-electron chi connectivity index (χ2n) is 6.77. The van der Waals surface area contributed by atoms with Crippen molar-refractivity contribution in [2.45, 2.75) is 38.8 Å². The molecule has 0 unspecified atom stereocenters. The molecular formula is C17H22FN3OSi. The zero-order chi connectivity index (χ0) is 16.9. The molecule has 0 atom stereocenters. The Balaban J connectivity index is 1.98. The number of aromatic nitrogens is 2. The van der Waals surface area contributed by atoms with Gasteiger partial charge in [0.2, 0.25) is 0 Å². The minimum Gasteiger partial charge on any atom is -0.360 e. The lowest BCUT2D eigenvalue weighted by molar-refractivity contribution is 0.0786.